The normalized spacial score (nSPS) is 11.8. The van der Waals surface area contributed by atoms with Crippen molar-refractivity contribution in [3.05, 3.63) is 22.1 Å². The summed E-state index contributed by atoms with van der Waals surface area (Å²) >= 11 is 1.22. The Morgan fingerprint density at radius 3 is 2.57 bits per heavy atom. The Balaban J connectivity index is 2.60. The van der Waals surface area contributed by atoms with E-state index in [2.05, 4.69) is 43.0 Å². The minimum Gasteiger partial charge on any atom is -0.374 e. The third kappa shape index (κ3) is 3.47. The summed E-state index contributed by atoms with van der Waals surface area (Å²) < 4.78 is 1.54. The fourth-order valence-corrected chi connectivity index (χ4v) is 2.48. The Morgan fingerprint density at radius 2 is 2.05 bits per heavy atom. The average Bonchev–Trinajstić information content (AvgIpc) is 2.82. The summed E-state index contributed by atoms with van der Waals surface area (Å²) in [4.78, 5) is 12.6. The number of nitrogen functional groups attached to an aromatic ring is 1. The molecule has 0 radical (unpaired) electrons. The van der Waals surface area contributed by atoms with Crippen LogP contribution in [0.3, 0.4) is 0 Å². The summed E-state index contributed by atoms with van der Waals surface area (Å²) in [6.45, 7) is 8.91. The van der Waals surface area contributed by atoms with E-state index >= 15 is 0 Å². The van der Waals surface area contributed by atoms with E-state index in [0.29, 0.717) is 22.2 Å². The molecule has 0 spiro atoms. The second-order valence-electron chi connectivity index (χ2n) is 6.02. The lowest BCUT2D eigenvalue weighted by molar-refractivity contribution is 0.488. The van der Waals surface area contributed by atoms with Crippen LogP contribution in [0.5, 0.6) is 0 Å². The largest absolute Gasteiger partial charge is 0.374 e. The zero-order valence-corrected chi connectivity index (χ0v) is 13.7. The highest BCUT2D eigenvalue weighted by Gasteiger charge is 2.21. The van der Waals surface area contributed by atoms with Crippen molar-refractivity contribution in [3.8, 4) is 10.6 Å². The van der Waals surface area contributed by atoms with Crippen LogP contribution in [0.15, 0.2) is 10.9 Å². The molecule has 0 fully saturated rings. The first-order valence-electron chi connectivity index (χ1n) is 7.05. The third-order valence-corrected chi connectivity index (χ3v) is 3.92. The summed E-state index contributed by atoms with van der Waals surface area (Å²) in [6, 6.07) is 1.81. The van der Waals surface area contributed by atoms with Crippen LogP contribution in [0.2, 0.25) is 0 Å². The molecule has 2 aromatic heterocycles. The molecular formula is C14H21N5OS. The van der Waals surface area contributed by atoms with Gasteiger partial charge in [0.25, 0.3) is 5.56 Å². The van der Waals surface area contributed by atoms with Crippen molar-refractivity contribution >= 4 is 16.5 Å². The summed E-state index contributed by atoms with van der Waals surface area (Å²) in [5, 5.41) is 13.2. The fourth-order valence-electron chi connectivity index (χ4n) is 1.86. The van der Waals surface area contributed by atoms with E-state index in [4.69, 9.17) is 5.73 Å². The minimum atomic E-state index is -0.146. The molecule has 2 rings (SSSR count). The van der Waals surface area contributed by atoms with E-state index in [9.17, 15) is 4.79 Å². The predicted molar refractivity (Wildman–Crippen MR) is 85.4 cm³/mol. The Morgan fingerprint density at radius 1 is 1.33 bits per heavy atom. The molecule has 0 aliphatic rings. The molecule has 114 valence electrons. The Bertz CT molecular complexity index is 683. The molecule has 0 atom stereocenters. The molecule has 21 heavy (non-hydrogen) atoms. The van der Waals surface area contributed by atoms with Crippen LogP contribution in [0, 0.1) is 0 Å². The van der Waals surface area contributed by atoms with Gasteiger partial charge in [-0.1, -0.05) is 45.5 Å². The summed E-state index contributed by atoms with van der Waals surface area (Å²) in [5.41, 5.74) is 6.74. The smallest absolute Gasteiger partial charge is 0.277 e. The maximum Gasteiger partial charge on any atom is 0.277 e. The van der Waals surface area contributed by atoms with Crippen molar-refractivity contribution < 1.29 is 0 Å². The Hall–Kier alpha value is -1.76. The SMILES string of the molecule is CCCCn1nc(C(C)(C)C)cc(-c2nnc(N)s2)c1=O. The van der Waals surface area contributed by atoms with E-state index < -0.39 is 0 Å². The number of nitrogens with zero attached hydrogens (tertiary/aromatic N) is 4. The van der Waals surface area contributed by atoms with Crippen molar-refractivity contribution in [2.24, 2.45) is 0 Å². The molecule has 7 heteroatoms. The molecule has 0 aliphatic heterocycles. The Labute approximate surface area is 128 Å². The van der Waals surface area contributed by atoms with Gasteiger partial charge in [-0.15, -0.1) is 10.2 Å². The fraction of sp³-hybridized carbons (Fsp3) is 0.571. The molecule has 6 nitrogen and oxygen atoms in total. The zero-order chi connectivity index (χ0) is 15.6. The van der Waals surface area contributed by atoms with Crippen molar-refractivity contribution in [1.82, 2.24) is 20.0 Å². The van der Waals surface area contributed by atoms with Gasteiger partial charge in [0.1, 0.15) is 0 Å². The van der Waals surface area contributed by atoms with Crippen molar-refractivity contribution in [2.75, 3.05) is 5.73 Å². The van der Waals surface area contributed by atoms with Gasteiger partial charge in [-0.2, -0.15) is 5.10 Å². The molecule has 0 aliphatic carbocycles. The van der Waals surface area contributed by atoms with Gasteiger partial charge >= 0.3 is 0 Å². The Kier molecular flexibility index (Phi) is 4.41. The van der Waals surface area contributed by atoms with Crippen LogP contribution >= 0.6 is 11.3 Å². The molecule has 0 unspecified atom stereocenters. The molecule has 0 saturated carbocycles. The van der Waals surface area contributed by atoms with Gasteiger partial charge in [-0.25, -0.2) is 4.68 Å². The van der Waals surface area contributed by atoms with Crippen LogP contribution in [0.1, 0.15) is 46.2 Å². The number of hydrogen-bond acceptors (Lipinski definition) is 6. The lowest BCUT2D eigenvalue weighted by Gasteiger charge is -2.19. The van der Waals surface area contributed by atoms with Crippen LogP contribution in [-0.2, 0) is 12.0 Å². The monoisotopic (exact) mass is 307 g/mol. The van der Waals surface area contributed by atoms with Gasteiger partial charge in [0.2, 0.25) is 5.13 Å². The lowest BCUT2D eigenvalue weighted by Crippen LogP contribution is -2.29. The second-order valence-corrected chi connectivity index (χ2v) is 7.03. The molecule has 2 aromatic rings. The highest BCUT2D eigenvalue weighted by atomic mass is 32.1. The van der Waals surface area contributed by atoms with Crippen LogP contribution in [0.4, 0.5) is 5.13 Å². The maximum atomic E-state index is 12.6. The number of hydrogen-bond donors (Lipinski definition) is 1. The van der Waals surface area contributed by atoms with Gasteiger partial charge in [-0.3, -0.25) is 4.79 Å². The van der Waals surface area contributed by atoms with E-state index in [0.717, 1.165) is 18.5 Å². The number of aryl methyl sites for hydroxylation is 1. The number of nitrogens with two attached hydrogens (primary N) is 1. The molecule has 0 amide bonds. The van der Waals surface area contributed by atoms with Gasteiger partial charge in [0, 0.05) is 12.0 Å². The number of rotatable bonds is 4. The summed E-state index contributed by atoms with van der Waals surface area (Å²) in [5.74, 6) is 0. The first-order valence-corrected chi connectivity index (χ1v) is 7.86. The van der Waals surface area contributed by atoms with Gasteiger partial charge in [0.05, 0.1) is 11.3 Å². The van der Waals surface area contributed by atoms with Gasteiger partial charge in [0.15, 0.2) is 5.01 Å². The first kappa shape index (κ1) is 15.6. The highest BCUT2D eigenvalue weighted by molar-refractivity contribution is 7.18. The van der Waals surface area contributed by atoms with Crippen molar-refractivity contribution in [2.45, 2.75) is 52.5 Å². The quantitative estimate of drug-likeness (QED) is 0.937. The molecule has 2 heterocycles. The van der Waals surface area contributed by atoms with Gasteiger partial charge in [-0.05, 0) is 12.5 Å². The van der Waals surface area contributed by atoms with Gasteiger partial charge < -0.3 is 5.73 Å². The topological polar surface area (TPSA) is 86.7 Å². The first-order chi connectivity index (χ1) is 9.82. The lowest BCUT2D eigenvalue weighted by atomic mass is 9.91. The van der Waals surface area contributed by atoms with E-state index in [1.54, 1.807) is 0 Å². The number of anilines is 1. The van der Waals surface area contributed by atoms with Crippen LogP contribution in [0.25, 0.3) is 10.6 Å². The summed E-state index contributed by atoms with van der Waals surface area (Å²) in [6.07, 6.45) is 1.92. The van der Waals surface area contributed by atoms with Crippen molar-refractivity contribution in [3.63, 3.8) is 0 Å². The molecular weight excluding hydrogens is 286 g/mol. The predicted octanol–water partition coefficient (Wildman–Crippen LogP) is 2.44. The van der Waals surface area contributed by atoms with Crippen molar-refractivity contribution in [1.29, 1.82) is 0 Å². The van der Waals surface area contributed by atoms with E-state index in [-0.39, 0.29) is 11.0 Å². The zero-order valence-electron chi connectivity index (χ0n) is 12.9. The summed E-state index contributed by atoms with van der Waals surface area (Å²) in [7, 11) is 0. The minimum absolute atomic E-state index is 0.132. The third-order valence-electron chi connectivity index (χ3n) is 3.14. The van der Waals surface area contributed by atoms with Crippen LogP contribution < -0.4 is 11.3 Å². The molecule has 0 saturated heterocycles. The van der Waals surface area contributed by atoms with Crippen LogP contribution in [-0.4, -0.2) is 20.0 Å². The number of unbranched alkanes of at least 4 members (excludes halogenated alkanes) is 1. The standard InChI is InChI=1S/C14H21N5OS/c1-5-6-7-19-12(20)9(11-16-17-13(15)21-11)8-10(18-19)14(2,3)4/h8H,5-7H2,1-4H3,(H2,15,17). The molecule has 0 bridgehead atoms. The number of aromatic nitrogens is 4. The molecule has 2 N–H and O–H groups in total. The van der Waals surface area contributed by atoms with E-state index in [1.165, 1.54) is 16.0 Å². The van der Waals surface area contributed by atoms with E-state index in [1.807, 2.05) is 6.07 Å². The average molecular weight is 307 g/mol. The highest BCUT2D eigenvalue weighted by Crippen LogP contribution is 2.26. The maximum absolute atomic E-state index is 12.6. The second kappa shape index (κ2) is 5.93. The molecule has 0 aromatic carbocycles.